The molecule has 2 N–H and O–H groups in total. The molecule has 0 bridgehead atoms. The van der Waals surface area contributed by atoms with Crippen LogP contribution in [0.4, 0.5) is 17.1 Å². The Morgan fingerprint density at radius 1 is 0.871 bits per heavy atom. The van der Waals surface area contributed by atoms with Gasteiger partial charge in [0.25, 0.3) is 5.91 Å². The molecule has 6 heteroatoms. The normalized spacial score (nSPS) is 10.3. The Bertz CT molecular complexity index is 1000. The summed E-state index contributed by atoms with van der Waals surface area (Å²) in [7, 11) is 1.56. The molecule has 0 saturated carbocycles. The van der Waals surface area contributed by atoms with Gasteiger partial charge in [0.15, 0.2) is 0 Å². The fourth-order valence-electron chi connectivity index (χ4n) is 3.22. The highest BCUT2D eigenvalue weighted by atomic mass is 16.5. The van der Waals surface area contributed by atoms with Crippen molar-refractivity contribution in [2.24, 2.45) is 0 Å². The number of carbonyl (C=O) groups is 2. The van der Waals surface area contributed by atoms with Crippen LogP contribution in [0, 0.1) is 0 Å². The van der Waals surface area contributed by atoms with Crippen molar-refractivity contribution in [3.05, 3.63) is 84.4 Å². The van der Waals surface area contributed by atoms with E-state index in [0.717, 1.165) is 12.2 Å². The number of hydrogen-bond acceptors (Lipinski definition) is 4. The van der Waals surface area contributed by atoms with Crippen molar-refractivity contribution in [3.8, 4) is 5.75 Å². The third kappa shape index (κ3) is 6.09. The number of rotatable bonds is 9. The molecule has 0 aromatic heterocycles. The van der Waals surface area contributed by atoms with Crippen molar-refractivity contribution in [1.29, 1.82) is 0 Å². The highest BCUT2D eigenvalue weighted by Crippen LogP contribution is 2.24. The van der Waals surface area contributed by atoms with E-state index in [1.54, 1.807) is 43.5 Å². The molecule has 3 aromatic rings. The quantitative estimate of drug-likeness (QED) is 0.525. The maximum Gasteiger partial charge on any atom is 0.255 e. The summed E-state index contributed by atoms with van der Waals surface area (Å²) in [6.07, 6.45) is 0.374. The molecule has 0 saturated heterocycles. The maximum absolute atomic E-state index is 12.5. The Morgan fingerprint density at radius 2 is 1.55 bits per heavy atom. The van der Waals surface area contributed by atoms with Crippen LogP contribution in [-0.2, 0) is 4.79 Å². The lowest BCUT2D eigenvalue weighted by atomic mass is 10.2. The van der Waals surface area contributed by atoms with Crippen LogP contribution in [0.25, 0.3) is 0 Å². The zero-order valence-corrected chi connectivity index (χ0v) is 17.8. The lowest BCUT2D eigenvalue weighted by Gasteiger charge is -2.22. The van der Waals surface area contributed by atoms with Gasteiger partial charge in [0, 0.05) is 36.4 Å². The molecule has 31 heavy (non-hydrogen) atoms. The second-order valence-electron chi connectivity index (χ2n) is 6.95. The van der Waals surface area contributed by atoms with E-state index in [9.17, 15) is 9.59 Å². The number of ether oxygens (including phenoxy) is 1. The topological polar surface area (TPSA) is 70.7 Å². The van der Waals surface area contributed by atoms with Crippen LogP contribution in [0.15, 0.2) is 78.9 Å². The molecule has 0 heterocycles. The van der Waals surface area contributed by atoms with Crippen LogP contribution in [-0.4, -0.2) is 32.0 Å². The second kappa shape index (κ2) is 10.8. The lowest BCUT2D eigenvalue weighted by Crippen LogP contribution is -2.27. The third-order valence-electron chi connectivity index (χ3n) is 4.90. The second-order valence-corrected chi connectivity index (χ2v) is 6.95. The van der Waals surface area contributed by atoms with E-state index in [0.29, 0.717) is 35.7 Å². The van der Waals surface area contributed by atoms with E-state index in [2.05, 4.69) is 22.5 Å². The Hall–Kier alpha value is -3.80. The molecule has 160 valence electrons. The fraction of sp³-hybridized carbons (Fsp3) is 0.200. The van der Waals surface area contributed by atoms with Crippen LogP contribution >= 0.6 is 0 Å². The van der Waals surface area contributed by atoms with E-state index < -0.39 is 0 Å². The van der Waals surface area contributed by atoms with E-state index in [-0.39, 0.29) is 11.8 Å². The Morgan fingerprint density at radius 3 is 2.23 bits per heavy atom. The Labute approximate surface area is 182 Å². The van der Waals surface area contributed by atoms with Gasteiger partial charge in [-0.1, -0.05) is 30.3 Å². The average Bonchev–Trinajstić information content (AvgIpc) is 2.81. The molecular formula is C25H27N3O3. The number of benzene rings is 3. The molecule has 0 spiro atoms. The van der Waals surface area contributed by atoms with Crippen LogP contribution in [0.5, 0.6) is 5.75 Å². The van der Waals surface area contributed by atoms with Crippen molar-refractivity contribution in [1.82, 2.24) is 0 Å². The van der Waals surface area contributed by atoms with E-state index in [1.807, 2.05) is 42.5 Å². The number of amides is 2. The van der Waals surface area contributed by atoms with Gasteiger partial charge in [0.2, 0.25) is 5.91 Å². The van der Waals surface area contributed by atoms with Crippen molar-refractivity contribution in [2.45, 2.75) is 13.3 Å². The first-order valence-electron chi connectivity index (χ1n) is 10.2. The minimum absolute atomic E-state index is 0.0689. The highest BCUT2D eigenvalue weighted by Gasteiger charge is 2.11. The van der Waals surface area contributed by atoms with Gasteiger partial charge in [-0.25, -0.2) is 0 Å². The minimum Gasteiger partial charge on any atom is -0.495 e. The van der Waals surface area contributed by atoms with Crippen LogP contribution < -0.4 is 20.3 Å². The van der Waals surface area contributed by atoms with E-state index >= 15 is 0 Å². The van der Waals surface area contributed by atoms with Crippen molar-refractivity contribution >= 4 is 28.9 Å². The first-order valence-corrected chi connectivity index (χ1v) is 10.2. The molecule has 0 fully saturated rings. The minimum atomic E-state index is -0.246. The van der Waals surface area contributed by atoms with Crippen molar-refractivity contribution < 1.29 is 14.3 Å². The van der Waals surface area contributed by atoms with E-state index in [1.165, 1.54) is 0 Å². The van der Waals surface area contributed by atoms with Crippen molar-refractivity contribution in [3.63, 3.8) is 0 Å². The summed E-state index contributed by atoms with van der Waals surface area (Å²) < 4.78 is 5.26. The molecular weight excluding hydrogens is 390 g/mol. The van der Waals surface area contributed by atoms with Gasteiger partial charge in [0.05, 0.1) is 12.8 Å². The van der Waals surface area contributed by atoms with Gasteiger partial charge in [0.1, 0.15) is 5.75 Å². The zero-order valence-electron chi connectivity index (χ0n) is 17.8. The summed E-state index contributed by atoms with van der Waals surface area (Å²) in [6, 6.07) is 24.1. The largest absolute Gasteiger partial charge is 0.495 e. The first kappa shape index (κ1) is 21.9. The SMILES string of the molecule is CCN(CCC(=O)Nc1ccc(C(=O)Nc2ccccc2OC)cc1)c1ccccc1. The third-order valence-corrected chi connectivity index (χ3v) is 4.90. The molecule has 0 aliphatic rings. The molecule has 3 rings (SSSR count). The number of methoxy groups -OCH3 is 1. The summed E-state index contributed by atoms with van der Waals surface area (Å²) in [6.45, 7) is 3.53. The van der Waals surface area contributed by atoms with Gasteiger partial charge in [-0.3, -0.25) is 9.59 Å². The number of nitrogens with one attached hydrogen (secondary N) is 2. The summed E-state index contributed by atoms with van der Waals surface area (Å²) in [4.78, 5) is 27.0. The number of hydrogen-bond donors (Lipinski definition) is 2. The Kier molecular flexibility index (Phi) is 7.65. The molecule has 0 atom stereocenters. The predicted molar refractivity (Wildman–Crippen MR) is 125 cm³/mol. The molecule has 0 aliphatic heterocycles. The monoisotopic (exact) mass is 417 g/mol. The Balaban J connectivity index is 1.54. The molecule has 0 unspecified atom stereocenters. The fourth-order valence-corrected chi connectivity index (χ4v) is 3.22. The number of carbonyl (C=O) groups excluding carboxylic acids is 2. The summed E-state index contributed by atoms with van der Waals surface area (Å²) in [5, 5.41) is 5.73. The van der Waals surface area contributed by atoms with Crippen LogP contribution in [0.3, 0.4) is 0 Å². The summed E-state index contributed by atoms with van der Waals surface area (Å²) in [5.41, 5.74) is 2.85. The van der Waals surface area contributed by atoms with Gasteiger partial charge >= 0.3 is 0 Å². The maximum atomic E-state index is 12.5. The number of nitrogens with zero attached hydrogens (tertiary/aromatic N) is 1. The van der Waals surface area contributed by atoms with E-state index in [4.69, 9.17) is 4.74 Å². The van der Waals surface area contributed by atoms with Gasteiger partial charge in [-0.15, -0.1) is 0 Å². The standard InChI is InChI=1S/C25H27N3O3/c1-3-28(21-9-5-4-6-10-21)18-17-24(29)26-20-15-13-19(14-16-20)25(30)27-22-11-7-8-12-23(22)31-2/h4-16H,3,17-18H2,1-2H3,(H,26,29)(H,27,30). The van der Waals surface area contributed by atoms with Gasteiger partial charge < -0.3 is 20.3 Å². The number of para-hydroxylation sites is 3. The molecule has 6 nitrogen and oxygen atoms in total. The average molecular weight is 418 g/mol. The number of anilines is 3. The van der Waals surface area contributed by atoms with Crippen LogP contribution in [0.2, 0.25) is 0 Å². The van der Waals surface area contributed by atoms with Gasteiger partial charge in [-0.2, -0.15) is 0 Å². The van der Waals surface area contributed by atoms with Crippen molar-refractivity contribution in [2.75, 3.05) is 35.7 Å². The smallest absolute Gasteiger partial charge is 0.255 e. The summed E-state index contributed by atoms with van der Waals surface area (Å²) in [5.74, 6) is 0.279. The molecule has 0 radical (unpaired) electrons. The molecule has 0 aliphatic carbocycles. The highest BCUT2D eigenvalue weighted by molar-refractivity contribution is 6.05. The van der Waals surface area contributed by atoms with Crippen LogP contribution in [0.1, 0.15) is 23.7 Å². The zero-order chi connectivity index (χ0) is 22.1. The molecule has 3 aromatic carbocycles. The molecule has 2 amide bonds. The lowest BCUT2D eigenvalue weighted by molar-refractivity contribution is -0.116. The summed E-state index contributed by atoms with van der Waals surface area (Å²) >= 11 is 0. The first-order chi connectivity index (χ1) is 15.1. The predicted octanol–water partition coefficient (Wildman–Crippen LogP) is 4.80. The van der Waals surface area contributed by atoms with Gasteiger partial charge in [-0.05, 0) is 55.5 Å².